The summed E-state index contributed by atoms with van der Waals surface area (Å²) in [7, 11) is 0. The number of carbonyl (C=O) groups is 2. The van der Waals surface area contributed by atoms with Crippen LogP contribution in [0.25, 0.3) is 0 Å². The normalized spacial score (nSPS) is 23.8. The molecule has 3 atom stereocenters. The van der Waals surface area contributed by atoms with Gasteiger partial charge in [-0.15, -0.1) is 0 Å². The summed E-state index contributed by atoms with van der Waals surface area (Å²) in [4.78, 5) is 26.4. The Kier molecular flexibility index (Phi) is 9.51. The minimum atomic E-state index is -4.45. The number of urea groups is 1. The average Bonchev–Trinajstić information content (AvgIpc) is 2.80. The molecule has 9 nitrogen and oxygen atoms in total. The standard InChI is InChI=1S/C22H31F3N4O5/c23-22(24,25)15-1-3-16(4-2-15)27-21(32)28-18-6-5-17(34-19(18)14-30)7-8-26-20(31)13-29-9-11-33-12-10-29/h1-4,17-19,30H,5-14H2,(H,26,31)(H2,27,28,32)/t17-,18+,19+/m1/s1. The Bertz CT molecular complexity index is 803. The molecule has 0 saturated carbocycles. The number of ether oxygens (including phenoxy) is 2. The monoisotopic (exact) mass is 488 g/mol. The largest absolute Gasteiger partial charge is 0.416 e. The van der Waals surface area contributed by atoms with Crippen LogP contribution in [0.1, 0.15) is 24.8 Å². The maximum absolute atomic E-state index is 12.7. The molecule has 0 unspecified atom stereocenters. The van der Waals surface area contributed by atoms with Gasteiger partial charge in [0.15, 0.2) is 0 Å². The third-order valence-corrected chi connectivity index (χ3v) is 5.84. The van der Waals surface area contributed by atoms with Gasteiger partial charge in [0.25, 0.3) is 0 Å². The maximum Gasteiger partial charge on any atom is 0.416 e. The molecule has 4 N–H and O–H groups in total. The average molecular weight is 489 g/mol. The van der Waals surface area contributed by atoms with Crippen LogP contribution in [0.4, 0.5) is 23.7 Å². The zero-order valence-electron chi connectivity index (χ0n) is 18.8. The number of halogens is 3. The molecule has 2 heterocycles. The predicted octanol–water partition coefficient (Wildman–Crippen LogP) is 1.57. The molecule has 0 radical (unpaired) electrons. The number of rotatable bonds is 8. The lowest BCUT2D eigenvalue weighted by Gasteiger charge is -2.36. The molecular formula is C22H31F3N4O5. The van der Waals surface area contributed by atoms with Crippen molar-refractivity contribution >= 4 is 17.6 Å². The summed E-state index contributed by atoms with van der Waals surface area (Å²) in [5, 5.41) is 17.8. The Labute approximate surface area is 196 Å². The van der Waals surface area contributed by atoms with Crippen LogP contribution in [0.15, 0.2) is 24.3 Å². The Morgan fingerprint density at radius 1 is 1.12 bits per heavy atom. The third kappa shape index (κ3) is 8.12. The van der Waals surface area contributed by atoms with Gasteiger partial charge in [-0.1, -0.05) is 0 Å². The fourth-order valence-corrected chi connectivity index (χ4v) is 3.98. The van der Waals surface area contributed by atoms with E-state index < -0.39 is 29.9 Å². The predicted molar refractivity (Wildman–Crippen MR) is 117 cm³/mol. The fourth-order valence-electron chi connectivity index (χ4n) is 3.98. The molecule has 2 saturated heterocycles. The highest BCUT2D eigenvalue weighted by molar-refractivity contribution is 5.89. The van der Waals surface area contributed by atoms with Gasteiger partial charge in [0.05, 0.1) is 44.1 Å². The van der Waals surface area contributed by atoms with Crippen molar-refractivity contribution < 1.29 is 37.3 Å². The second-order valence-corrected chi connectivity index (χ2v) is 8.36. The molecule has 3 rings (SSSR count). The number of hydrogen-bond acceptors (Lipinski definition) is 6. The first-order valence-electron chi connectivity index (χ1n) is 11.3. The lowest BCUT2D eigenvalue weighted by atomic mass is 9.97. The molecular weight excluding hydrogens is 457 g/mol. The van der Waals surface area contributed by atoms with Gasteiger partial charge < -0.3 is 30.5 Å². The fraction of sp³-hybridized carbons (Fsp3) is 0.636. The summed E-state index contributed by atoms with van der Waals surface area (Å²) in [5.41, 5.74) is -0.587. The van der Waals surface area contributed by atoms with E-state index in [9.17, 15) is 27.9 Å². The van der Waals surface area contributed by atoms with E-state index in [4.69, 9.17) is 9.47 Å². The number of nitrogens with one attached hydrogen (secondary N) is 3. The van der Waals surface area contributed by atoms with Gasteiger partial charge in [-0.25, -0.2) is 4.79 Å². The van der Waals surface area contributed by atoms with E-state index in [0.29, 0.717) is 45.6 Å². The summed E-state index contributed by atoms with van der Waals surface area (Å²) in [6.07, 6.45) is -3.48. The first-order valence-corrected chi connectivity index (χ1v) is 11.3. The molecule has 0 aromatic heterocycles. The second kappa shape index (κ2) is 12.3. The van der Waals surface area contributed by atoms with E-state index in [-0.39, 0.29) is 24.3 Å². The first-order chi connectivity index (χ1) is 16.2. The number of aliphatic hydroxyl groups is 1. The number of hydrogen-bond donors (Lipinski definition) is 4. The summed E-state index contributed by atoms with van der Waals surface area (Å²) < 4.78 is 49.1. The van der Waals surface area contributed by atoms with Gasteiger partial charge in [0.2, 0.25) is 5.91 Å². The second-order valence-electron chi connectivity index (χ2n) is 8.36. The molecule has 2 fully saturated rings. The first kappa shape index (κ1) is 26.2. The number of nitrogens with zero attached hydrogens (tertiary/aromatic N) is 1. The Balaban J connectivity index is 1.38. The number of alkyl halides is 3. The summed E-state index contributed by atoms with van der Waals surface area (Å²) in [5.74, 6) is -0.0594. The third-order valence-electron chi connectivity index (χ3n) is 5.84. The topological polar surface area (TPSA) is 112 Å². The van der Waals surface area contributed by atoms with Crippen LogP contribution < -0.4 is 16.0 Å². The summed E-state index contributed by atoms with van der Waals surface area (Å²) in [6.45, 7) is 3.20. The van der Waals surface area contributed by atoms with Crippen molar-refractivity contribution in [2.45, 2.75) is 43.7 Å². The van der Waals surface area contributed by atoms with Crippen molar-refractivity contribution in [3.05, 3.63) is 29.8 Å². The lowest BCUT2D eigenvalue weighted by molar-refractivity contribution is -0.137. The molecule has 3 amide bonds. The zero-order chi connectivity index (χ0) is 24.6. The van der Waals surface area contributed by atoms with Crippen molar-refractivity contribution in [1.29, 1.82) is 0 Å². The molecule has 1 aromatic rings. The number of benzene rings is 1. The van der Waals surface area contributed by atoms with Crippen molar-refractivity contribution in [2.24, 2.45) is 0 Å². The molecule has 1 aromatic carbocycles. The van der Waals surface area contributed by atoms with Crippen molar-refractivity contribution in [1.82, 2.24) is 15.5 Å². The SMILES string of the molecule is O=C(CN1CCOCC1)NCC[C@H]1CC[C@H](NC(=O)Nc2ccc(C(F)(F)F)cc2)[C@H](CO)O1. The van der Waals surface area contributed by atoms with Gasteiger partial charge in [-0.2, -0.15) is 13.2 Å². The molecule has 0 bridgehead atoms. The Morgan fingerprint density at radius 2 is 1.82 bits per heavy atom. The quantitative estimate of drug-likeness (QED) is 0.442. The number of morpholine rings is 1. The van der Waals surface area contributed by atoms with Crippen molar-refractivity contribution in [3.8, 4) is 0 Å². The van der Waals surface area contributed by atoms with Crippen LogP contribution >= 0.6 is 0 Å². The molecule has 190 valence electrons. The molecule has 34 heavy (non-hydrogen) atoms. The van der Waals surface area contributed by atoms with Crippen LogP contribution in [-0.2, 0) is 20.4 Å². The molecule has 0 aliphatic carbocycles. The smallest absolute Gasteiger partial charge is 0.394 e. The van der Waals surface area contributed by atoms with Crippen molar-refractivity contribution in [3.63, 3.8) is 0 Å². The number of carbonyl (C=O) groups excluding carboxylic acids is 2. The van der Waals surface area contributed by atoms with Crippen LogP contribution in [0.5, 0.6) is 0 Å². The number of aliphatic hydroxyl groups excluding tert-OH is 1. The van der Waals surface area contributed by atoms with Crippen LogP contribution in [0, 0.1) is 0 Å². The van der Waals surface area contributed by atoms with E-state index in [1.165, 1.54) is 12.1 Å². The molecule has 2 aliphatic rings. The van der Waals surface area contributed by atoms with Crippen LogP contribution in [-0.4, -0.2) is 86.2 Å². The maximum atomic E-state index is 12.7. The van der Waals surface area contributed by atoms with E-state index in [2.05, 4.69) is 16.0 Å². The van der Waals surface area contributed by atoms with Gasteiger partial charge >= 0.3 is 12.2 Å². The minimum Gasteiger partial charge on any atom is -0.394 e. The van der Waals surface area contributed by atoms with Crippen LogP contribution in [0.3, 0.4) is 0 Å². The highest BCUT2D eigenvalue weighted by Crippen LogP contribution is 2.29. The molecule has 2 aliphatic heterocycles. The zero-order valence-corrected chi connectivity index (χ0v) is 18.8. The lowest BCUT2D eigenvalue weighted by Crippen LogP contribution is -2.52. The van der Waals surface area contributed by atoms with Gasteiger partial charge in [-0.05, 0) is 43.5 Å². The van der Waals surface area contributed by atoms with E-state index in [0.717, 1.165) is 25.2 Å². The number of anilines is 1. The molecule has 0 spiro atoms. The van der Waals surface area contributed by atoms with Gasteiger partial charge in [-0.3, -0.25) is 9.69 Å². The minimum absolute atomic E-state index is 0.0594. The highest BCUT2D eigenvalue weighted by atomic mass is 19.4. The highest BCUT2D eigenvalue weighted by Gasteiger charge is 2.32. The Morgan fingerprint density at radius 3 is 2.47 bits per heavy atom. The summed E-state index contributed by atoms with van der Waals surface area (Å²) >= 11 is 0. The van der Waals surface area contributed by atoms with Crippen molar-refractivity contribution in [2.75, 3.05) is 51.3 Å². The Hall–Kier alpha value is -2.41. The molecule has 12 heteroatoms. The number of amides is 3. The van der Waals surface area contributed by atoms with E-state index in [1.54, 1.807) is 0 Å². The van der Waals surface area contributed by atoms with Crippen LogP contribution in [0.2, 0.25) is 0 Å². The van der Waals surface area contributed by atoms with Gasteiger partial charge in [0, 0.05) is 25.3 Å². The van der Waals surface area contributed by atoms with E-state index >= 15 is 0 Å². The van der Waals surface area contributed by atoms with E-state index in [1.807, 2.05) is 4.90 Å². The van der Waals surface area contributed by atoms with Gasteiger partial charge in [0.1, 0.15) is 6.10 Å². The summed E-state index contributed by atoms with van der Waals surface area (Å²) in [6, 6.07) is 3.08.